The fourth-order valence-corrected chi connectivity index (χ4v) is 1.96. The van der Waals surface area contributed by atoms with Crippen molar-refractivity contribution in [3.8, 4) is 0 Å². The third-order valence-corrected chi connectivity index (χ3v) is 2.60. The Bertz CT molecular complexity index is 263. The average molecular weight is 164 g/mol. The highest BCUT2D eigenvalue weighted by Crippen LogP contribution is 2.32. The minimum atomic E-state index is -0.269. The maximum Gasteiger partial charge on any atom is 0.178 e. The van der Waals surface area contributed by atoms with E-state index in [0.29, 0.717) is 0 Å². The summed E-state index contributed by atoms with van der Waals surface area (Å²) < 4.78 is 0. The minimum absolute atomic E-state index is 0.0651. The molecule has 2 heteroatoms. The maximum atomic E-state index is 11.0. The highest BCUT2D eigenvalue weighted by Gasteiger charge is 2.27. The molecule has 1 N–H and O–H groups in total. The first-order chi connectivity index (χ1) is 5.77. The molecule has 12 heavy (non-hydrogen) atoms. The van der Waals surface area contributed by atoms with Crippen LogP contribution in [0.4, 0.5) is 0 Å². The average Bonchev–Trinajstić information content (AvgIpc) is 2.04. The van der Waals surface area contributed by atoms with Gasteiger partial charge in [-0.1, -0.05) is 11.6 Å². The Balaban J connectivity index is 2.25. The third kappa shape index (κ3) is 1.23. The number of hydrogen-bond donors (Lipinski definition) is 1. The number of rotatable bonds is 0. The van der Waals surface area contributed by atoms with Crippen LogP contribution in [0.1, 0.15) is 19.3 Å². The zero-order valence-electron chi connectivity index (χ0n) is 6.86. The Morgan fingerprint density at radius 1 is 1.50 bits per heavy atom. The molecule has 1 fully saturated rings. The Labute approximate surface area is 71.6 Å². The number of hydrogen-bond acceptors (Lipinski definition) is 2. The van der Waals surface area contributed by atoms with Gasteiger partial charge in [-0.15, -0.1) is 0 Å². The first kappa shape index (κ1) is 7.74. The van der Waals surface area contributed by atoms with Crippen LogP contribution in [-0.2, 0) is 4.79 Å². The van der Waals surface area contributed by atoms with Gasteiger partial charge in [0.05, 0.1) is 6.10 Å². The van der Waals surface area contributed by atoms with Gasteiger partial charge in [0.2, 0.25) is 0 Å². The minimum Gasteiger partial charge on any atom is -0.392 e. The lowest BCUT2D eigenvalue weighted by atomic mass is 9.79. The van der Waals surface area contributed by atoms with E-state index in [2.05, 4.69) is 0 Å². The number of aliphatic hydroxyl groups is 1. The number of ketones is 1. The van der Waals surface area contributed by atoms with Gasteiger partial charge in [-0.2, -0.15) is 0 Å². The summed E-state index contributed by atoms with van der Waals surface area (Å²) in [5.74, 6) is 0.187. The lowest BCUT2D eigenvalue weighted by Crippen LogP contribution is -2.27. The van der Waals surface area contributed by atoms with E-state index in [9.17, 15) is 9.90 Å². The highest BCUT2D eigenvalue weighted by molar-refractivity contribution is 6.00. The zero-order valence-corrected chi connectivity index (χ0v) is 6.86. The molecule has 0 saturated heterocycles. The normalized spacial score (nSPS) is 34.4. The van der Waals surface area contributed by atoms with Crippen LogP contribution >= 0.6 is 0 Å². The van der Waals surface area contributed by atoms with Gasteiger partial charge in [0.15, 0.2) is 5.78 Å². The molecule has 2 aliphatic carbocycles. The zero-order chi connectivity index (χ0) is 8.55. The van der Waals surface area contributed by atoms with Crippen LogP contribution in [0.3, 0.4) is 0 Å². The second-order valence-corrected chi connectivity index (χ2v) is 3.47. The smallest absolute Gasteiger partial charge is 0.178 e. The summed E-state index contributed by atoms with van der Waals surface area (Å²) in [6.07, 6.45) is 7.63. The summed E-state index contributed by atoms with van der Waals surface area (Å²) in [6.45, 7) is 0. The van der Waals surface area contributed by atoms with Gasteiger partial charge in [0.1, 0.15) is 0 Å². The standard InChI is InChI=1S/C10H12O2/c11-8-4-5-9-7(6-8)2-1-3-10(9)12/h4-6,9-10,12H,1-3H2. The number of allylic oxidation sites excluding steroid dienone is 2. The second kappa shape index (κ2) is 2.87. The number of carbonyl (C=O) groups excluding carboxylic acids is 1. The molecule has 0 radical (unpaired) electrons. The van der Waals surface area contributed by atoms with Gasteiger partial charge in [-0.25, -0.2) is 0 Å². The molecule has 0 aliphatic heterocycles. The predicted molar refractivity (Wildman–Crippen MR) is 45.6 cm³/mol. The Hall–Kier alpha value is -0.890. The second-order valence-electron chi connectivity index (χ2n) is 3.47. The van der Waals surface area contributed by atoms with E-state index >= 15 is 0 Å². The van der Waals surface area contributed by atoms with Crippen LogP contribution in [0.5, 0.6) is 0 Å². The van der Waals surface area contributed by atoms with Gasteiger partial charge in [0, 0.05) is 5.92 Å². The Morgan fingerprint density at radius 3 is 3.17 bits per heavy atom. The van der Waals surface area contributed by atoms with Crippen molar-refractivity contribution in [2.45, 2.75) is 25.4 Å². The summed E-state index contributed by atoms with van der Waals surface area (Å²) in [7, 11) is 0. The molecule has 64 valence electrons. The number of fused-ring (bicyclic) bond motifs is 1. The number of aliphatic hydroxyl groups excluding tert-OH is 1. The van der Waals surface area contributed by atoms with Gasteiger partial charge in [0.25, 0.3) is 0 Å². The summed E-state index contributed by atoms with van der Waals surface area (Å²) in [5, 5.41) is 9.59. The summed E-state index contributed by atoms with van der Waals surface area (Å²) >= 11 is 0. The monoisotopic (exact) mass is 164 g/mol. The van der Waals surface area contributed by atoms with Crippen LogP contribution in [0, 0.1) is 5.92 Å². The molecule has 0 spiro atoms. The predicted octanol–water partition coefficient (Wildman–Crippen LogP) is 1.21. The van der Waals surface area contributed by atoms with Crippen LogP contribution in [0.15, 0.2) is 23.8 Å². The van der Waals surface area contributed by atoms with Crippen LogP contribution in [0.2, 0.25) is 0 Å². The van der Waals surface area contributed by atoms with Crippen molar-refractivity contribution in [1.82, 2.24) is 0 Å². The maximum absolute atomic E-state index is 11.0. The largest absolute Gasteiger partial charge is 0.392 e. The molecular formula is C10H12O2. The molecule has 0 amide bonds. The Morgan fingerprint density at radius 2 is 2.33 bits per heavy atom. The molecule has 0 heterocycles. The molecule has 2 rings (SSSR count). The van der Waals surface area contributed by atoms with Crippen molar-refractivity contribution in [1.29, 1.82) is 0 Å². The van der Waals surface area contributed by atoms with Crippen molar-refractivity contribution in [2.24, 2.45) is 5.92 Å². The van der Waals surface area contributed by atoms with E-state index in [1.807, 2.05) is 6.08 Å². The molecule has 0 aromatic carbocycles. The summed E-state index contributed by atoms with van der Waals surface area (Å²) in [4.78, 5) is 11.0. The van der Waals surface area contributed by atoms with Crippen LogP contribution in [0.25, 0.3) is 0 Å². The van der Waals surface area contributed by atoms with E-state index in [4.69, 9.17) is 0 Å². The molecule has 0 aromatic heterocycles. The quantitative estimate of drug-likeness (QED) is 0.584. The van der Waals surface area contributed by atoms with Gasteiger partial charge in [-0.3, -0.25) is 4.79 Å². The third-order valence-electron chi connectivity index (χ3n) is 2.60. The molecule has 0 aromatic rings. The van der Waals surface area contributed by atoms with Crippen LogP contribution < -0.4 is 0 Å². The van der Waals surface area contributed by atoms with Crippen molar-refractivity contribution in [3.63, 3.8) is 0 Å². The van der Waals surface area contributed by atoms with Crippen molar-refractivity contribution in [2.75, 3.05) is 0 Å². The molecule has 0 bridgehead atoms. The fraction of sp³-hybridized carbons (Fsp3) is 0.500. The van der Waals surface area contributed by atoms with E-state index in [1.54, 1.807) is 12.2 Å². The molecular weight excluding hydrogens is 152 g/mol. The Kier molecular flexibility index (Phi) is 1.85. The highest BCUT2D eigenvalue weighted by atomic mass is 16.3. The number of carbonyl (C=O) groups is 1. The van der Waals surface area contributed by atoms with E-state index < -0.39 is 0 Å². The lowest BCUT2D eigenvalue weighted by molar-refractivity contribution is -0.110. The van der Waals surface area contributed by atoms with Gasteiger partial charge < -0.3 is 5.11 Å². The SMILES string of the molecule is O=C1C=CC2C(=C1)CCCC2O. The van der Waals surface area contributed by atoms with Gasteiger partial charge in [-0.05, 0) is 31.4 Å². The molecule has 2 unspecified atom stereocenters. The molecule has 2 aliphatic rings. The first-order valence-corrected chi connectivity index (χ1v) is 4.38. The fourth-order valence-electron chi connectivity index (χ4n) is 1.96. The summed E-state index contributed by atoms with van der Waals surface area (Å²) in [5.41, 5.74) is 1.11. The lowest BCUT2D eigenvalue weighted by Gasteiger charge is -2.29. The molecule has 2 atom stereocenters. The van der Waals surface area contributed by atoms with Crippen molar-refractivity contribution in [3.05, 3.63) is 23.8 Å². The van der Waals surface area contributed by atoms with Crippen molar-refractivity contribution < 1.29 is 9.90 Å². The topological polar surface area (TPSA) is 37.3 Å². The summed E-state index contributed by atoms with van der Waals surface area (Å²) in [6, 6.07) is 0. The van der Waals surface area contributed by atoms with Gasteiger partial charge >= 0.3 is 0 Å². The molecule has 2 nitrogen and oxygen atoms in total. The first-order valence-electron chi connectivity index (χ1n) is 4.38. The molecule has 1 saturated carbocycles. The van der Waals surface area contributed by atoms with E-state index in [1.165, 1.54) is 0 Å². The van der Waals surface area contributed by atoms with Crippen LogP contribution in [-0.4, -0.2) is 17.0 Å². The van der Waals surface area contributed by atoms with E-state index in [-0.39, 0.29) is 17.8 Å². The van der Waals surface area contributed by atoms with Crippen molar-refractivity contribution >= 4 is 5.78 Å². The van der Waals surface area contributed by atoms with E-state index in [0.717, 1.165) is 24.8 Å².